The molecule has 0 saturated heterocycles. The van der Waals surface area contributed by atoms with Crippen LogP contribution in [-0.4, -0.2) is 39.9 Å². The average Bonchev–Trinajstić information content (AvgIpc) is 3.27. The fraction of sp³-hybridized carbons (Fsp3) is 0.400. The first-order valence-corrected chi connectivity index (χ1v) is 11.3. The second-order valence-corrected chi connectivity index (χ2v) is 8.04. The van der Waals surface area contributed by atoms with Crippen LogP contribution in [-0.2, 0) is 32.2 Å². The molecule has 1 aliphatic carbocycles. The van der Waals surface area contributed by atoms with Crippen molar-refractivity contribution in [2.75, 3.05) is 13.1 Å². The van der Waals surface area contributed by atoms with Gasteiger partial charge in [-0.15, -0.1) is 10.2 Å². The minimum Gasteiger partial charge on any atom is -0.355 e. The maximum atomic E-state index is 4.88. The molecule has 162 valence electrons. The maximum absolute atomic E-state index is 4.88. The van der Waals surface area contributed by atoms with Crippen LogP contribution in [0, 0.1) is 0 Å². The molecule has 0 spiro atoms. The van der Waals surface area contributed by atoms with E-state index in [9.17, 15) is 0 Å². The third-order valence-corrected chi connectivity index (χ3v) is 5.86. The van der Waals surface area contributed by atoms with E-state index in [0.717, 1.165) is 63.5 Å². The number of fused-ring (bicyclic) bond motifs is 1. The van der Waals surface area contributed by atoms with E-state index in [2.05, 4.69) is 86.9 Å². The fourth-order valence-corrected chi connectivity index (χ4v) is 4.14. The Kier molecular flexibility index (Phi) is 7.32. The van der Waals surface area contributed by atoms with Crippen LogP contribution in [0.5, 0.6) is 0 Å². The highest BCUT2D eigenvalue weighted by Crippen LogP contribution is 2.20. The zero-order chi connectivity index (χ0) is 21.3. The number of hydrogen-bond donors (Lipinski definition) is 2. The van der Waals surface area contributed by atoms with E-state index >= 15 is 0 Å². The molecule has 1 atom stereocenters. The minimum atomic E-state index is 0.402. The molecule has 2 aromatic carbocycles. The second-order valence-electron chi connectivity index (χ2n) is 8.04. The number of rotatable bonds is 8. The smallest absolute Gasteiger partial charge is 0.191 e. The number of aliphatic imine (C=N–C) groups is 1. The third kappa shape index (κ3) is 5.94. The molecular weight excluding hydrogens is 384 g/mol. The molecule has 0 fully saturated rings. The number of guanidine groups is 1. The van der Waals surface area contributed by atoms with E-state index in [1.54, 1.807) is 6.33 Å². The van der Waals surface area contributed by atoms with Crippen molar-refractivity contribution < 1.29 is 0 Å². The molecule has 0 bridgehead atoms. The van der Waals surface area contributed by atoms with Crippen LogP contribution in [0.4, 0.5) is 0 Å². The number of aromatic nitrogens is 3. The number of aryl methyl sites for hydroxylation is 2. The van der Waals surface area contributed by atoms with Crippen molar-refractivity contribution in [3.05, 3.63) is 83.4 Å². The monoisotopic (exact) mass is 416 g/mol. The molecule has 1 heterocycles. The van der Waals surface area contributed by atoms with Crippen LogP contribution in [0.3, 0.4) is 0 Å². The molecule has 0 radical (unpaired) electrons. The van der Waals surface area contributed by atoms with Gasteiger partial charge in [0.1, 0.15) is 12.2 Å². The molecule has 0 aliphatic heterocycles. The summed E-state index contributed by atoms with van der Waals surface area (Å²) in [5.41, 5.74) is 4.25. The molecule has 1 unspecified atom stereocenters. The van der Waals surface area contributed by atoms with Gasteiger partial charge in [0.2, 0.25) is 0 Å². The van der Waals surface area contributed by atoms with Gasteiger partial charge in [0.25, 0.3) is 0 Å². The van der Waals surface area contributed by atoms with Gasteiger partial charge in [-0.3, -0.25) is 4.99 Å². The third-order valence-electron chi connectivity index (χ3n) is 5.86. The summed E-state index contributed by atoms with van der Waals surface area (Å²) in [5, 5.41) is 15.4. The molecular formula is C25H32N6. The van der Waals surface area contributed by atoms with E-state index in [-0.39, 0.29) is 0 Å². The van der Waals surface area contributed by atoms with Crippen LogP contribution in [0.1, 0.15) is 35.9 Å². The first-order valence-electron chi connectivity index (χ1n) is 11.3. The maximum Gasteiger partial charge on any atom is 0.191 e. The molecule has 6 heteroatoms. The molecule has 2 N–H and O–H groups in total. The van der Waals surface area contributed by atoms with E-state index < -0.39 is 0 Å². The van der Waals surface area contributed by atoms with Crippen LogP contribution in [0.15, 0.2) is 65.9 Å². The topological polar surface area (TPSA) is 67.1 Å². The summed E-state index contributed by atoms with van der Waals surface area (Å²) >= 11 is 0. The summed E-state index contributed by atoms with van der Waals surface area (Å²) in [6, 6.07) is 19.7. The largest absolute Gasteiger partial charge is 0.355 e. The lowest BCUT2D eigenvalue weighted by atomic mass is 9.88. The molecule has 0 amide bonds. The van der Waals surface area contributed by atoms with Gasteiger partial charge in [0, 0.05) is 32.1 Å². The van der Waals surface area contributed by atoms with Crippen molar-refractivity contribution in [3.63, 3.8) is 0 Å². The highest BCUT2D eigenvalue weighted by atomic mass is 15.3. The van der Waals surface area contributed by atoms with Gasteiger partial charge >= 0.3 is 0 Å². The van der Waals surface area contributed by atoms with E-state index in [1.807, 2.05) is 0 Å². The highest BCUT2D eigenvalue weighted by molar-refractivity contribution is 5.80. The average molecular weight is 417 g/mol. The van der Waals surface area contributed by atoms with Crippen molar-refractivity contribution in [2.24, 2.45) is 4.99 Å². The van der Waals surface area contributed by atoms with Gasteiger partial charge in [0.15, 0.2) is 5.96 Å². The van der Waals surface area contributed by atoms with Gasteiger partial charge in [-0.1, -0.05) is 61.5 Å². The van der Waals surface area contributed by atoms with Crippen LogP contribution >= 0.6 is 0 Å². The Labute approximate surface area is 184 Å². The Morgan fingerprint density at radius 1 is 1.10 bits per heavy atom. The van der Waals surface area contributed by atoms with Crippen molar-refractivity contribution in [3.8, 4) is 0 Å². The zero-order valence-corrected chi connectivity index (χ0v) is 18.3. The van der Waals surface area contributed by atoms with Crippen LogP contribution in [0.25, 0.3) is 0 Å². The molecule has 0 saturated carbocycles. The van der Waals surface area contributed by atoms with E-state index in [1.165, 1.54) is 16.7 Å². The number of nitrogens with one attached hydrogen (secondary N) is 2. The number of nitrogens with zero attached hydrogens (tertiary/aromatic N) is 4. The van der Waals surface area contributed by atoms with Gasteiger partial charge in [-0.2, -0.15) is 0 Å². The molecule has 6 nitrogen and oxygen atoms in total. The minimum absolute atomic E-state index is 0.402. The van der Waals surface area contributed by atoms with Crippen molar-refractivity contribution >= 4 is 5.96 Å². The number of hydrogen-bond acceptors (Lipinski definition) is 3. The highest BCUT2D eigenvalue weighted by Gasteiger charge is 2.19. The predicted molar refractivity (Wildman–Crippen MR) is 125 cm³/mol. The summed E-state index contributed by atoms with van der Waals surface area (Å²) < 4.78 is 2.10. The van der Waals surface area contributed by atoms with E-state index in [0.29, 0.717) is 6.04 Å². The lowest BCUT2D eigenvalue weighted by Gasteiger charge is -2.27. The molecule has 3 aromatic rings. The molecule has 4 rings (SSSR count). The normalized spacial score (nSPS) is 16.0. The Bertz CT molecular complexity index is 978. The Morgan fingerprint density at radius 3 is 2.74 bits per heavy atom. The van der Waals surface area contributed by atoms with E-state index in [4.69, 9.17) is 4.99 Å². The van der Waals surface area contributed by atoms with Gasteiger partial charge < -0.3 is 15.2 Å². The van der Waals surface area contributed by atoms with Crippen LogP contribution < -0.4 is 10.6 Å². The van der Waals surface area contributed by atoms with Crippen molar-refractivity contribution in [1.29, 1.82) is 0 Å². The van der Waals surface area contributed by atoms with Crippen LogP contribution in [0.2, 0.25) is 0 Å². The summed E-state index contributed by atoms with van der Waals surface area (Å²) in [7, 11) is 0. The summed E-state index contributed by atoms with van der Waals surface area (Å²) in [6.45, 7) is 4.47. The lowest BCUT2D eigenvalue weighted by molar-refractivity contribution is 0.517. The second kappa shape index (κ2) is 10.8. The SMILES string of the molecule is CCc1nncn1CCNC(=NCCc1ccccc1)NC1CCc2ccccc2C1. The summed E-state index contributed by atoms with van der Waals surface area (Å²) in [5.74, 6) is 1.91. The fourth-order valence-electron chi connectivity index (χ4n) is 4.14. The number of benzene rings is 2. The van der Waals surface area contributed by atoms with Gasteiger partial charge in [-0.05, 0) is 42.4 Å². The Balaban J connectivity index is 1.37. The lowest BCUT2D eigenvalue weighted by Crippen LogP contribution is -2.46. The zero-order valence-electron chi connectivity index (χ0n) is 18.3. The Morgan fingerprint density at radius 2 is 1.90 bits per heavy atom. The summed E-state index contributed by atoms with van der Waals surface area (Å²) in [4.78, 5) is 4.88. The van der Waals surface area contributed by atoms with Crippen molar-refractivity contribution in [2.45, 2.75) is 51.6 Å². The van der Waals surface area contributed by atoms with Crippen molar-refractivity contribution in [1.82, 2.24) is 25.4 Å². The first-order chi connectivity index (χ1) is 15.3. The predicted octanol–water partition coefficient (Wildman–Crippen LogP) is 3.18. The quantitative estimate of drug-likeness (QED) is 0.437. The first kappa shape index (κ1) is 21.1. The Hall–Kier alpha value is -3.15. The van der Waals surface area contributed by atoms with Gasteiger partial charge in [-0.25, -0.2) is 0 Å². The standard InChI is InChI=1S/C25H32N6/c1-2-24-30-28-19-31(24)17-16-27-25(26-15-14-20-8-4-3-5-9-20)29-23-13-12-21-10-6-7-11-22(21)18-23/h3-11,19,23H,2,12-18H2,1H3,(H2,26,27,29). The molecule has 1 aromatic heterocycles. The summed E-state index contributed by atoms with van der Waals surface area (Å²) in [6.07, 6.45) is 6.91. The van der Waals surface area contributed by atoms with Gasteiger partial charge in [0.05, 0.1) is 0 Å². The molecule has 31 heavy (non-hydrogen) atoms. The molecule has 1 aliphatic rings.